The molecular weight excluding hydrogens is 218 g/mol. The van der Waals surface area contributed by atoms with Crippen LogP contribution in [0.2, 0.25) is 0 Å². The highest BCUT2D eigenvalue weighted by Crippen LogP contribution is 2.48. The van der Waals surface area contributed by atoms with Gasteiger partial charge in [0.1, 0.15) is 0 Å². The minimum absolute atomic E-state index is 0.403. The van der Waals surface area contributed by atoms with Crippen LogP contribution in [0.5, 0.6) is 11.5 Å². The summed E-state index contributed by atoms with van der Waals surface area (Å²) in [5.41, 5.74) is 6.28. The highest BCUT2D eigenvalue weighted by molar-refractivity contribution is 5.46. The molecular formula is C13H17NO3. The van der Waals surface area contributed by atoms with E-state index in [-0.39, 0.29) is 0 Å². The molecule has 2 aliphatic rings. The minimum Gasteiger partial charge on any atom is -0.448 e. The van der Waals surface area contributed by atoms with Gasteiger partial charge in [-0.1, -0.05) is 6.07 Å². The van der Waals surface area contributed by atoms with Crippen molar-refractivity contribution in [2.45, 2.75) is 37.6 Å². The van der Waals surface area contributed by atoms with Crippen molar-refractivity contribution < 1.29 is 14.6 Å². The first-order valence-electron chi connectivity index (χ1n) is 6.13. The molecule has 1 fully saturated rings. The largest absolute Gasteiger partial charge is 0.448 e. The number of nitrogens with two attached hydrogens (primary N) is 1. The topological polar surface area (TPSA) is 64.7 Å². The van der Waals surface area contributed by atoms with E-state index in [1.807, 2.05) is 18.2 Å². The molecule has 1 unspecified atom stereocenters. The summed E-state index contributed by atoms with van der Waals surface area (Å²) in [4.78, 5) is 0. The summed E-state index contributed by atoms with van der Waals surface area (Å²) in [7, 11) is 0. The third kappa shape index (κ3) is 1.77. The number of fused-ring (bicyclic) bond motifs is 1. The Balaban J connectivity index is 1.82. The van der Waals surface area contributed by atoms with Crippen LogP contribution in [0.1, 0.15) is 37.4 Å². The fourth-order valence-corrected chi connectivity index (χ4v) is 2.31. The number of benzene rings is 1. The van der Waals surface area contributed by atoms with Crippen molar-refractivity contribution in [3.05, 3.63) is 23.8 Å². The van der Waals surface area contributed by atoms with Crippen LogP contribution in [0.3, 0.4) is 0 Å². The summed E-state index contributed by atoms with van der Waals surface area (Å²) in [6.45, 7) is 0.472. The van der Waals surface area contributed by atoms with Crippen LogP contribution >= 0.6 is 0 Å². The smallest absolute Gasteiger partial charge is 0.251 e. The normalized spacial score (nSPS) is 21.3. The van der Waals surface area contributed by atoms with Gasteiger partial charge in [-0.05, 0) is 37.1 Å². The lowest BCUT2D eigenvalue weighted by Crippen LogP contribution is -2.45. The lowest BCUT2D eigenvalue weighted by atomic mass is 9.91. The molecule has 0 saturated heterocycles. The molecule has 3 rings (SSSR count). The molecule has 3 N–H and O–H groups in total. The fraction of sp³-hybridized carbons (Fsp3) is 0.538. The van der Waals surface area contributed by atoms with Crippen LogP contribution in [-0.4, -0.2) is 17.4 Å². The Morgan fingerprint density at radius 2 is 2.06 bits per heavy atom. The Kier molecular flexibility index (Phi) is 2.49. The molecule has 0 bridgehead atoms. The SMILES string of the molecule is NCCC(O)c1ccc2c(c1)OC1(CCC1)O2. The molecule has 4 nitrogen and oxygen atoms in total. The van der Waals surface area contributed by atoms with E-state index < -0.39 is 11.9 Å². The maximum atomic E-state index is 9.88. The monoisotopic (exact) mass is 235 g/mol. The second kappa shape index (κ2) is 3.89. The molecule has 17 heavy (non-hydrogen) atoms. The Bertz CT molecular complexity index is 429. The van der Waals surface area contributed by atoms with Crippen LogP contribution in [-0.2, 0) is 0 Å². The van der Waals surface area contributed by atoms with Crippen molar-refractivity contribution in [1.29, 1.82) is 0 Å². The van der Waals surface area contributed by atoms with Crippen molar-refractivity contribution in [2.24, 2.45) is 5.73 Å². The van der Waals surface area contributed by atoms with Gasteiger partial charge in [-0.15, -0.1) is 0 Å². The molecule has 0 aromatic heterocycles. The second-order valence-corrected chi connectivity index (χ2v) is 4.77. The molecule has 92 valence electrons. The fourth-order valence-electron chi connectivity index (χ4n) is 2.31. The molecule has 4 heteroatoms. The van der Waals surface area contributed by atoms with Gasteiger partial charge in [0.05, 0.1) is 6.10 Å². The molecule has 1 heterocycles. The number of ether oxygens (including phenoxy) is 2. The Morgan fingerprint density at radius 1 is 1.29 bits per heavy atom. The van der Waals surface area contributed by atoms with E-state index in [2.05, 4.69) is 0 Å². The highest BCUT2D eigenvalue weighted by Gasteiger charge is 2.47. The zero-order chi connectivity index (χ0) is 11.9. The van der Waals surface area contributed by atoms with Gasteiger partial charge in [-0.25, -0.2) is 0 Å². The molecule has 0 amide bonds. The van der Waals surface area contributed by atoms with Crippen molar-refractivity contribution in [3.63, 3.8) is 0 Å². The summed E-state index contributed by atoms with van der Waals surface area (Å²) in [5.74, 6) is 1.13. The summed E-state index contributed by atoms with van der Waals surface area (Å²) in [5, 5.41) is 9.88. The minimum atomic E-state index is -0.521. The molecule has 1 aromatic carbocycles. The highest BCUT2D eigenvalue weighted by atomic mass is 16.7. The second-order valence-electron chi connectivity index (χ2n) is 4.77. The van der Waals surface area contributed by atoms with Gasteiger partial charge in [0.25, 0.3) is 5.79 Å². The van der Waals surface area contributed by atoms with Gasteiger partial charge in [-0.3, -0.25) is 0 Å². The lowest BCUT2D eigenvalue weighted by Gasteiger charge is -2.35. The predicted molar refractivity (Wildman–Crippen MR) is 62.9 cm³/mol. The van der Waals surface area contributed by atoms with Gasteiger partial charge in [0.15, 0.2) is 11.5 Å². The molecule has 1 atom stereocenters. The predicted octanol–water partition coefficient (Wildman–Crippen LogP) is 1.72. The maximum Gasteiger partial charge on any atom is 0.251 e. The molecule has 1 aromatic rings. The van der Waals surface area contributed by atoms with Gasteiger partial charge in [0.2, 0.25) is 0 Å². The number of rotatable bonds is 3. The van der Waals surface area contributed by atoms with E-state index in [0.29, 0.717) is 13.0 Å². The summed E-state index contributed by atoms with van der Waals surface area (Å²) < 4.78 is 11.6. The lowest BCUT2D eigenvalue weighted by molar-refractivity contribution is -0.138. The van der Waals surface area contributed by atoms with E-state index in [1.54, 1.807) is 0 Å². The van der Waals surface area contributed by atoms with Crippen LogP contribution in [0.25, 0.3) is 0 Å². The van der Waals surface area contributed by atoms with E-state index in [1.165, 1.54) is 0 Å². The van der Waals surface area contributed by atoms with Gasteiger partial charge >= 0.3 is 0 Å². The van der Waals surface area contributed by atoms with Crippen LogP contribution < -0.4 is 15.2 Å². The van der Waals surface area contributed by atoms with Crippen LogP contribution in [0, 0.1) is 0 Å². The third-order valence-electron chi connectivity index (χ3n) is 3.50. The molecule has 0 radical (unpaired) electrons. The van der Waals surface area contributed by atoms with Crippen LogP contribution in [0.4, 0.5) is 0 Å². The zero-order valence-electron chi connectivity index (χ0n) is 9.69. The van der Waals surface area contributed by atoms with Gasteiger partial charge in [0, 0.05) is 12.8 Å². The summed E-state index contributed by atoms with van der Waals surface area (Å²) >= 11 is 0. The van der Waals surface area contributed by atoms with Crippen LogP contribution in [0.15, 0.2) is 18.2 Å². The molecule has 1 aliphatic heterocycles. The Morgan fingerprint density at radius 3 is 2.71 bits per heavy atom. The van der Waals surface area contributed by atoms with E-state index in [9.17, 15) is 5.11 Å². The Hall–Kier alpha value is -1.26. The number of hydrogen-bond acceptors (Lipinski definition) is 4. The molecule has 1 spiro atoms. The standard InChI is InChI=1S/C13H17NO3/c14-7-4-10(15)9-2-3-11-12(8-9)17-13(16-11)5-1-6-13/h2-3,8,10,15H,1,4-7,14H2. The first kappa shape index (κ1) is 10.9. The summed E-state index contributed by atoms with van der Waals surface area (Å²) in [6, 6.07) is 5.61. The van der Waals surface area contributed by atoms with Gasteiger partial charge in [-0.2, -0.15) is 0 Å². The van der Waals surface area contributed by atoms with E-state index >= 15 is 0 Å². The first-order valence-corrected chi connectivity index (χ1v) is 6.13. The third-order valence-corrected chi connectivity index (χ3v) is 3.50. The molecule has 1 saturated carbocycles. The summed E-state index contributed by atoms with van der Waals surface area (Å²) in [6.07, 6.45) is 3.08. The average molecular weight is 235 g/mol. The van der Waals surface area contributed by atoms with E-state index in [0.717, 1.165) is 36.3 Å². The van der Waals surface area contributed by atoms with Crippen molar-refractivity contribution in [3.8, 4) is 11.5 Å². The zero-order valence-corrected chi connectivity index (χ0v) is 9.69. The number of hydrogen-bond donors (Lipinski definition) is 2. The number of aliphatic hydroxyl groups excluding tert-OH is 1. The van der Waals surface area contributed by atoms with Crippen molar-refractivity contribution in [2.75, 3.05) is 6.54 Å². The number of aliphatic hydroxyl groups is 1. The van der Waals surface area contributed by atoms with E-state index in [4.69, 9.17) is 15.2 Å². The van der Waals surface area contributed by atoms with Crippen molar-refractivity contribution >= 4 is 0 Å². The van der Waals surface area contributed by atoms with Crippen molar-refractivity contribution in [1.82, 2.24) is 0 Å². The van der Waals surface area contributed by atoms with Gasteiger partial charge < -0.3 is 20.3 Å². The first-order chi connectivity index (χ1) is 8.22. The Labute approximate surface area is 100 Å². The maximum absolute atomic E-state index is 9.88. The quantitative estimate of drug-likeness (QED) is 0.837. The average Bonchev–Trinajstić information content (AvgIpc) is 2.67. The molecule has 1 aliphatic carbocycles.